The summed E-state index contributed by atoms with van der Waals surface area (Å²) in [5.41, 5.74) is 7.89. The van der Waals surface area contributed by atoms with Crippen LogP contribution in [-0.2, 0) is 11.2 Å². The second-order valence-electron chi connectivity index (χ2n) is 4.91. The molecule has 0 amide bonds. The van der Waals surface area contributed by atoms with Crippen LogP contribution in [0.15, 0.2) is 18.2 Å². The Morgan fingerprint density at radius 1 is 1.42 bits per heavy atom. The fraction of sp³-hybridized carbons (Fsp3) is 0.533. The summed E-state index contributed by atoms with van der Waals surface area (Å²) >= 11 is 0. The highest BCUT2D eigenvalue weighted by atomic mass is 16.5. The number of carboxylic acid groups (broad SMARTS) is 1. The van der Waals surface area contributed by atoms with E-state index >= 15 is 0 Å². The Hall–Kier alpha value is -1.55. The molecule has 0 saturated heterocycles. The summed E-state index contributed by atoms with van der Waals surface area (Å²) in [4.78, 5) is 10.5. The van der Waals surface area contributed by atoms with E-state index in [1.54, 1.807) is 0 Å². The number of rotatable bonds is 8. The van der Waals surface area contributed by atoms with E-state index in [4.69, 9.17) is 15.6 Å². The molecule has 0 bridgehead atoms. The molecule has 0 spiro atoms. The van der Waals surface area contributed by atoms with E-state index in [1.165, 1.54) is 5.56 Å². The quantitative estimate of drug-likeness (QED) is 0.708. The first kappa shape index (κ1) is 15.5. The van der Waals surface area contributed by atoms with E-state index in [9.17, 15) is 4.79 Å². The first-order chi connectivity index (χ1) is 9.04. The van der Waals surface area contributed by atoms with Crippen molar-refractivity contribution in [1.82, 2.24) is 0 Å². The number of nitrogens with two attached hydrogens (primary N) is 1. The Labute approximate surface area is 114 Å². The monoisotopic (exact) mass is 265 g/mol. The van der Waals surface area contributed by atoms with Crippen molar-refractivity contribution in [3.05, 3.63) is 29.3 Å². The van der Waals surface area contributed by atoms with Gasteiger partial charge in [-0.15, -0.1) is 0 Å². The number of carbonyl (C=O) groups is 1. The maximum Gasteiger partial charge on any atom is 0.303 e. The highest BCUT2D eigenvalue weighted by Gasteiger charge is 2.07. The van der Waals surface area contributed by atoms with E-state index in [-0.39, 0.29) is 6.42 Å². The van der Waals surface area contributed by atoms with Gasteiger partial charge < -0.3 is 15.6 Å². The fourth-order valence-corrected chi connectivity index (χ4v) is 1.83. The lowest BCUT2D eigenvalue weighted by atomic mass is 10.00. The molecular formula is C15H23NO3. The molecule has 1 aromatic rings. The molecule has 4 nitrogen and oxygen atoms in total. The molecule has 0 atom stereocenters. The zero-order valence-electron chi connectivity index (χ0n) is 11.7. The van der Waals surface area contributed by atoms with Gasteiger partial charge in [0.15, 0.2) is 0 Å². The second kappa shape index (κ2) is 7.79. The highest BCUT2D eigenvalue weighted by Crippen LogP contribution is 2.25. The number of hydrogen-bond donors (Lipinski definition) is 2. The normalized spacial score (nSPS) is 10.7. The van der Waals surface area contributed by atoms with Crippen LogP contribution < -0.4 is 10.5 Å². The molecule has 3 N–H and O–H groups in total. The van der Waals surface area contributed by atoms with Gasteiger partial charge in [-0.05, 0) is 42.5 Å². The number of carboxylic acids is 1. The molecule has 0 unspecified atom stereocenters. The van der Waals surface area contributed by atoms with Crippen LogP contribution in [-0.4, -0.2) is 24.2 Å². The van der Waals surface area contributed by atoms with Crippen LogP contribution in [0.25, 0.3) is 0 Å². The van der Waals surface area contributed by atoms with Crippen LogP contribution in [0.4, 0.5) is 0 Å². The van der Waals surface area contributed by atoms with Crippen LogP contribution in [0.3, 0.4) is 0 Å². The molecule has 0 fully saturated rings. The minimum absolute atomic E-state index is 0.135. The van der Waals surface area contributed by atoms with Gasteiger partial charge in [-0.1, -0.05) is 26.0 Å². The van der Waals surface area contributed by atoms with E-state index < -0.39 is 5.97 Å². The summed E-state index contributed by atoms with van der Waals surface area (Å²) in [6.45, 7) is 5.26. The minimum Gasteiger partial charge on any atom is -0.493 e. The Balaban J connectivity index is 2.70. The molecule has 4 heteroatoms. The molecule has 106 valence electrons. The average molecular weight is 265 g/mol. The number of aliphatic carboxylic acids is 1. The number of benzene rings is 1. The summed E-state index contributed by atoms with van der Waals surface area (Å²) in [7, 11) is 0. The van der Waals surface area contributed by atoms with Crippen LogP contribution in [0.2, 0.25) is 0 Å². The molecule has 0 aromatic heterocycles. The zero-order valence-corrected chi connectivity index (χ0v) is 11.7. The van der Waals surface area contributed by atoms with Gasteiger partial charge >= 0.3 is 5.97 Å². The van der Waals surface area contributed by atoms with E-state index in [1.807, 2.05) is 6.07 Å². The summed E-state index contributed by atoms with van der Waals surface area (Å²) in [5, 5.41) is 8.59. The van der Waals surface area contributed by atoms with Crippen molar-refractivity contribution in [2.24, 2.45) is 5.73 Å². The molecular weight excluding hydrogens is 242 g/mol. The van der Waals surface area contributed by atoms with Crippen molar-refractivity contribution in [1.29, 1.82) is 0 Å². The second-order valence-corrected chi connectivity index (χ2v) is 4.91. The maximum absolute atomic E-state index is 10.5. The zero-order chi connectivity index (χ0) is 14.3. The lowest BCUT2D eigenvalue weighted by Gasteiger charge is -2.14. The molecule has 0 radical (unpaired) electrons. The Bertz CT molecular complexity index is 416. The van der Waals surface area contributed by atoms with Crippen LogP contribution in [0.5, 0.6) is 5.75 Å². The van der Waals surface area contributed by atoms with E-state index in [0.717, 1.165) is 17.7 Å². The third-order valence-electron chi connectivity index (χ3n) is 2.96. The standard InChI is InChI=1S/C15H23NO3/c1-11(2)13-6-5-12(7-8-16)14(10-13)19-9-3-4-15(17)18/h5-6,10-11H,3-4,7-9,16H2,1-2H3,(H,17,18). The van der Waals surface area contributed by atoms with Crippen molar-refractivity contribution in [2.75, 3.05) is 13.2 Å². The van der Waals surface area contributed by atoms with Gasteiger partial charge in [0.2, 0.25) is 0 Å². The molecule has 0 aliphatic rings. The summed E-state index contributed by atoms with van der Waals surface area (Å²) in [6.07, 6.45) is 1.42. The third kappa shape index (κ3) is 5.30. The van der Waals surface area contributed by atoms with Gasteiger partial charge in [0.1, 0.15) is 5.75 Å². The average Bonchev–Trinajstić information content (AvgIpc) is 2.36. The molecule has 0 heterocycles. The Kier molecular flexibility index (Phi) is 6.36. The van der Waals surface area contributed by atoms with Crippen molar-refractivity contribution >= 4 is 5.97 Å². The van der Waals surface area contributed by atoms with Gasteiger partial charge in [-0.3, -0.25) is 4.79 Å². The lowest BCUT2D eigenvalue weighted by molar-refractivity contribution is -0.137. The first-order valence-corrected chi connectivity index (χ1v) is 6.72. The van der Waals surface area contributed by atoms with Gasteiger partial charge in [-0.2, -0.15) is 0 Å². The van der Waals surface area contributed by atoms with E-state index in [2.05, 4.69) is 26.0 Å². The number of hydrogen-bond acceptors (Lipinski definition) is 3. The highest BCUT2D eigenvalue weighted by molar-refractivity contribution is 5.66. The van der Waals surface area contributed by atoms with Crippen LogP contribution >= 0.6 is 0 Å². The molecule has 0 saturated carbocycles. The van der Waals surface area contributed by atoms with Crippen molar-refractivity contribution in [2.45, 2.75) is 39.0 Å². The van der Waals surface area contributed by atoms with Crippen LogP contribution in [0, 0.1) is 0 Å². The van der Waals surface area contributed by atoms with Crippen molar-refractivity contribution in [3.8, 4) is 5.75 Å². The third-order valence-corrected chi connectivity index (χ3v) is 2.96. The molecule has 0 aliphatic carbocycles. The van der Waals surface area contributed by atoms with Crippen molar-refractivity contribution < 1.29 is 14.6 Å². The maximum atomic E-state index is 10.5. The van der Waals surface area contributed by atoms with Crippen molar-refractivity contribution in [3.63, 3.8) is 0 Å². The number of ether oxygens (including phenoxy) is 1. The SMILES string of the molecule is CC(C)c1ccc(CCN)c(OCCCC(=O)O)c1. The molecule has 19 heavy (non-hydrogen) atoms. The smallest absolute Gasteiger partial charge is 0.303 e. The predicted octanol–water partition coefficient (Wildman–Crippen LogP) is 2.55. The van der Waals surface area contributed by atoms with Crippen LogP contribution in [0.1, 0.15) is 43.7 Å². The molecule has 0 aliphatic heterocycles. The van der Waals surface area contributed by atoms with Gasteiger partial charge in [0, 0.05) is 6.42 Å². The predicted molar refractivity (Wildman–Crippen MR) is 75.7 cm³/mol. The lowest BCUT2D eigenvalue weighted by Crippen LogP contribution is -2.08. The summed E-state index contributed by atoms with van der Waals surface area (Å²) in [6, 6.07) is 6.19. The topological polar surface area (TPSA) is 72.5 Å². The Morgan fingerprint density at radius 3 is 2.74 bits per heavy atom. The van der Waals surface area contributed by atoms with E-state index in [0.29, 0.717) is 25.5 Å². The van der Waals surface area contributed by atoms with Gasteiger partial charge in [0.25, 0.3) is 0 Å². The fourth-order valence-electron chi connectivity index (χ4n) is 1.83. The minimum atomic E-state index is -0.790. The summed E-state index contributed by atoms with van der Waals surface area (Å²) < 4.78 is 5.71. The largest absolute Gasteiger partial charge is 0.493 e. The Morgan fingerprint density at radius 2 is 2.16 bits per heavy atom. The van der Waals surface area contributed by atoms with Gasteiger partial charge in [0.05, 0.1) is 6.61 Å². The first-order valence-electron chi connectivity index (χ1n) is 6.72. The summed E-state index contributed by atoms with van der Waals surface area (Å²) in [5.74, 6) is 0.483. The molecule has 1 aromatic carbocycles. The molecule has 1 rings (SSSR count). The van der Waals surface area contributed by atoms with Gasteiger partial charge in [-0.25, -0.2) is 0 Å².